The van der Waals surface area contributed by atoms with Gasteiger partial charge in [-0.25, -0.2) is 0 Å². The highest BCUT2D eigenvalue weighted by Gasteiger charge is 2.21. The van der Waals surface area contributed by atoms with Crippen molar-refractivity contribution >= 4 is 82.5 Å². The van der Waals surface area contributed by atoms with Crippen molar-refractivity contribution in [2.75, 3.05) is 4.90 Å². The van der Waals surface area contributed by atoms with Crippen LogP contribution in [0.15, 0.2) is 197 Å². The zero-order valence-electron chi connectivity index (χ0n) is 28.7. The van der Waals surface area contributed by atoms with Crippen LogP contribution in [-0.2, 0) is 0 Å². The van der Waals surface area contributed by atoms with E-state index in [1.54, 1.807) is 0 Å². The number of para-hydroxylation sites is 1. The zero-order valence-corrected chi connectivity index (χ0v) is 28.7. The molecule has 11 rings (SSSR count). The molecule has 248 valence electrons. The minimum atomic E-state index is 0.856. The molecule has 0 aliphatic carbocycles. The van der Waals surface area contributed by atoms with Crippen LogP contribution in [0.1, 0.15) is 0 Å². The summed E-state index contributed by atoms with van der Waals surface area (Å²) in [7, 11) is 0. The number of hydrogen-bond acceptors (Lipinski definition) is 3. The van der Waals surface area contributed by atoms with E-state index in [0.29, 0.717) is 0 Å². The van der Waals surface area contributed by atoms with E-state index in [0.717, 1.165) is 72.1 Å². The molecule has 0 bridgehead atoms. The van der Waals surface area contributed by atoms with Crippen molar-refractivity contribution < 1.29 is 8.83 Å². The summed E-state index contributed by atoms with van der Waals surface area (Å²) in [5.74, 6) is 0. The SMILES string of the molecule is c1ccc2cc(-c3ccc(N(c4ccc5oc6cccc(-c7ccc8ccccc8c7)c6c5c4)c4cccc5oc6ccccc6c45)cc3)ccc2c1. The lowest BCUT2D eigenvalue weighted by Gasteiger charge is -2.26. The Labute approximate surface area is 305 Å². The van der Waals surface area contributed by atoms with Gasteiger partial charge in [0, 0.05) is 27.5 Å². The maximum absolute atomic E-state index is 6.53. The summed E-state index contributed by atoms with van der Waals surface area (Å²) in [6.45, 7) is 0. The minimum absolute atomic E-state index is 0.856. The maximum Gasteiger partial charge on any atom is 0.137 e. The van der Waals surface area contributed by atoms with Gasteiger partial charge in [0.15, 0.2) is 0 Å². The van der Waals surface area contributed by atoms with Gasteiger partial charge in [-0.1, -0.05) is 121 Å². The summed E-state index contributed by atoms with van der Waals surface area (Å²) in [5.41, 5.74) is 11.3. The van der Waals surface area contributed by atoms with E-state index in [1.807, 2.05) is 12.1 Å². The van der Waals surface area contributed by atoms with Crippen molar-refractivity contribution in [3.63, 3.8) is 0 Å². The standard InChI is InChI=1S/C50H31NO2/c1-3-11-35-29-37(21-19-32(35)9-1)34-23-25-39(26-24-34)51(44-15-8-18-48-50(44)42-13-5-6-16-45(42)52-48)40-27-28-46-43(31-40)49-41(14-7-17-47(49)53-46)38-22-20-33-10-2-4-12-36(33)30-38/h1-31H. The Morgan fingerprint density at radius 1 is 0.321 bits per heavy atom. The van der Waals surface area contributed by atoms with E-state index in [9.17, 15) is 0 Å². The van der Waals surface area contributed by atoms with Crippen molar-refractivity contribution in [3.05, 3.63) is 188 Å². The molecule has 3 nitrogen and oxygen atoms in total. The normalized spacial score (nSPS) is 11.8. The molecule has 2 heterocycles. The number of fused-ring (bicyclic) bond motifs is 8. The van der Waals surface area contributed by atoms with Crippen LogP contribution >= 0.6 is 0 Å². The Morgan fingerprint density at radius 2 is 0.887 bits per heavy atom. The first-order valence-corrected chi connectivity index (χ1v) is 18.0. The second kappa shape index (κ2) is 11.7. The first-order chi connectivity index (χ1) is 26.2. The molecule has 0 fully saturated rings. The van der Waals surface area contributed by atoms with Gasteiger partial charge < -0.3 is 13.7 Å². The molecular weight excluding hydrogens is 647 g/mol. The lowest BCUT2D eigenvalue weighted by atomic mass is 9.97. The van der Waals surface area contributed by atoms with E-state index in [-0.39, 0.29) is 0 Å². The van der Waals surface area contributed by atoms with Gasteiger partial charge in [-0.3, -0.25) is 0 Å². The highest BCUT2D eigenvalue weighted by atomic mass is 16.3. The largest absolute Gasteiger partial charge is 0.456 e. The van der Waals surface area contributed by atoms with Crippen LogP contribution in [0, 0.1) is 0 Å². The molecule has 0 spiro atoms. The van der Waals surface area contributed by atoms with Crippen LogP contribution in [0.3, 0.4) is 0 Å². The third-order valence-electron chi connectivity index (χ3n) is 10.6. The van der Waals surface area contributed by atoms with Crippen LogP contribution in [0.2, 0.25) is 0 Å². The second-order valence-electron chi connectivity index (χ2n) is 13.7. The van der Waals surface area contributed by atoms with E-state index >= 15 is 0 Å². The zero-order chi connectivity index (χ0) is 34.9. The van der Waals surface area contributed by atoms with Gasteiger partial charge >= 0.3 is 0 Å². The molecule has 0 unspecified atom stereocenters. The molecule has 3 heteroatoms. The van der Waals surface area contributed by atoms with Crippen LogP contribution in [-0.4, -0.2) is 0 Å². The first kappa shape index (κ1) is 29.6. The van der Waals surface area contributed by atoms with Gasteiger partial charge in [-0.15, -0.1) is 0 Å². The minimum Gasteiger partial charge on any atom is -0.456 e. The van der Waals surface area contributed by atoms with Crippen molar-refractivity contribution in [1.82, 2.24) is 0 Å². The second-order valence-corrected chi connectivity index (χ2v) is 13.7. The molecule has 0 saturated carbocycles. The van der Waals surface area contributed by atoms with Crippen LogP contribution in [0.25, 0.3) is 87.7 Å². The molecule has 0 radical (unpaired) electrons. The van der Waals surface area contributed by atoms with Crippen molar-refractivity contribution in [2.45, 2.75) is 0 Å². The number of nitrogens with zero attached hydrogens (tertiary/aromatic N) is 1. The summed E-state index contributed by atoms with van der Waals surface area (Å²) >= 11 is 0. The Hall–Kier alpha value is -7.10. The highest BCUT2D eigenvalue weighted by Crippen LogP contribution is 2.45. The van der Waals surface area contributed by atoms with Crippen LogP contribution < -0.4 is 4.90 Å². The van der Waals surface area contributed by atoms with Gasteiger partial charge in [-0.2, -0.15) is 0 Å². The predicted molar refractivity (Wildman–Crippen MR) is 222 cm³/mol. The van der Waals surface area contributed by atoms with Gasteiger partial charge in [0.25, 0.3) is 0 Å². The van der Waals surface area contributed by atoms with E-state index in [2.05, 4.69) is 181 Å². The fraction of sp³-hybridized carbons (Fsp3) is 0. The van der Waals surface area contributed by atoms with Gasteiger partial charge in [-0.05, 0) is 111 Å². The Kier molecular flexibility index (Phi) is 6.55. The number of benzene rings is 9. The fourth-order valence-electron chi connectivity index (χ4n) is 8.09. The van der Waals surface area contributed by atoms with Gasteiger partial charge in [0.05, 0.1) is 11.1 Å². The van der Waals surface area contributed by atoms with Crippen molar-refractivity contribution in [2.24, 2.45) is 0 Å². The number of rotatable bonds is 5. The molecule has 11 aromatic rings. The third-order valence-corrected chi connectivity index (χ3v) is 10.6. The Bertz CT molecular complexity index is 3180. The molecule has 53 heavy (non-hydrogen) atoms. The van der Waals surface area contributed by atoms with Crippen LogP contribution in [0.5, 0.6) is 0 Å². The average Bonchev–Trinajstić information content (AvgIpc) is 3.80. The van der Waals surface area contributed by atoms with Gasteiger partial charge in [0.1, 0.15) is 22.3 Å². The molecule has 0 atom stereocenters. The maximum atomic E-state index is 6.53. The molecular formula is C50H31NO2. The lowest BCUT2D eigenvalue weighted by molar-refractivity contribution is 0.668. The van der Waals surface area contributed by atoms with E-state index < -0.39 is 0 Å². The van der Waals surface area contributed by atoms with E-state index in [1.165, 1.54) is 32.7 Å². The molecule has 0 N–H and O–H groups in total. The molecule has 0 aliphatic rings. The summed E-state index contributed by atoms with van der Waals surface area (Å²) in [6.07, 6.45) is 0. The summed E-state index contributed by atoms with van der Waals surface area (Å²) in [4.78, 5) is 2.35. The van der Waals surface area contributed by atoms with Gasteiger partial charge in [0.2, 0.25) is 0 Å². The third kappa shape index (κ3) is 4.82. The lowest BCUT2D eigenvalue weighted by Crippen LogP contribution is -2.10. The molecule has 0 amide bonds. The molecule has 0 saturated heterocycles. The number of anilines is 3. The molecule has 9 aromatic carbocycles. The van der Waals surface area contributed by atoms with Crippen molar-refractivity contribution in [3.8, 4) is 22.3 Å². The summed E-state index contributed by atoms with van der Waals surface area (Å²) < 4.78 is 12.9. The fourth-order valence-corrected chi connectivity index (χ4v) is 8.09. The highest BCUT2D eigenvalue weighted by molar-refractivity contribution is 6.16. The number of furan rings is 2. The molecule has 0 aliphatic heterocycles. The number of hydrogen-bond donors (Lipinski definition) is 0. The monoisotopic (exact) mass is 677 g/mol. The molecule has 2 aromatic heterocycles. The predicted octanol–water partition coefficient (Wildman–Crippen LogP) is 14.6. The topological polar surface area (TPSA) is 29.5 Å². The van der Waals surface area contributed by atoms with Crippen LogP contribution in [0.4, 0.5) is 17.1 Å². The Balaban J connectivity index is 1.12. The summed E-state index contributed by atoms with van der Waals surface area (Å²) in [5, 5.41) is 9.27. The average molecular weight is 678 g/mol. The van der Waals surface area contributed by atoms with Crippen molar-refractivity contribution in [1.29, 1.82) is 0 Å². The summed E-state index contributed by atoms with van der Waals surface area (Å²) in [6, 6.07) is 66.9. The van der Waals surface area contributed by atoms with E-state index in [4.69, 9.17) is 8.83 Å². The quantitative estimate of drug-likeness (QED) is 0.182. The Morgan fingerprint density at radius 3 is 1.66 bits per heavy atom. The first-order valence-electron chi connectivity index (χ1n) is 18.0. The smallest absolute Gasteiger partial charge is 0.137 e.